The molecular formula is C11H16N2O. The van der Waals surface area contributed by atoms with E-state index in [2.05, 4.69) is 5.16 Å². The molecule has 2 bridgehead atoms. The van der Waals surface area contributed by atoms with Crippen molar-refractivity contribution in [2.45, 2.75) is 32.1 Å². The number of nitrogens with zero attached hydrogens (tertiary/aromatic N) is 1. The molecule has 2 aliphatic rings. The smallest absolute Gasteiger partial charge is 0.222 e. The van der Waals surface area contributed by atoms with Crippen LogP contribution in [0.4, 0.5) is 5.88 Å². The van der Waals surface area contributed by atoms with Crippen LogP contribution in [0.1, 0.15) is 31.4 Å². The summed E-state index contributed by atoms with van der Waals surface area (Å²) in [6.07, 6.45) is 6.82. The van der Waals surface area contributed by atoms with Gasteiger partial charge in [-0.1, -0.05) is 11.6 Å². The van der Waals surface area contributed by atoms with Crippen LogP contribution in [0.3, 0.4) is 0 Å². The zero-order chi connectivity index (χ0) is 9.54. The van der Waals surface area contributed by atoms with Crippen molar-refractivity contribution in [2.24, 2.45) is 17.8 Å². The SMILES string of the molecule is Nc1cc(C[C@H]2C[C@@H]3CC[C@@H]2C3)no1. The summed E-state index contributed by atoms with van der Waals surface area (Å²) < 4.78 is 4.88. The molecule has 3 heteroatoms. The van der Waals surface area contributed by atoms with Crippen LogP contribution in [0.5, 0.6) is 0 Å². The van der Waals surface area contributed by atoms with E-state index in [-0.39, 0.29) is 0 Å². The first-order chi connectivity index (χ1) is 6.81. The van der Waals surface area contributed by atoms with Crippen molar-refractivity contribution in [3.63, 3.8) is 0 Å². The van der Waals surface area contributed by atoms with Crippen LogP contribution in [0, 0.1) is 17.8 Å². The van der Waals surface area contributed by atoms with E-state index in [1.54, 1.807) is 0 Å². The number of hydrogen-bond donors (Lipinski definition) is 1. The Kier molecular flexibility index (Phi) is 1.79. The zero-order valence-electron chi connectivity index (χ0n) is 8.28. The van der Waals surface area contributed by atoms with Gasteiger partial charge in [-0.2, -0.15) is 0 Å². The summed E-state index contributed by atoms with van der Waals surface area (Å²) >= 11 is 0. The fourth-order valence-corrected chi connectivity index (χ4v) is 3.32. The lowest BCUT2D eigenvalue weighted by Crippen LogP contribution is -2.13. The molecule has 0 amide bonds. The molecule has 76 valence electrons. The number of nitrogens with two attached hydrogens (primary N) is 1. The van der Waals surface area contributed by atoms with Gasteiger partial charge >= 0.3 is 0 Å². The third-order valence-electron chi connectivity index (χ3n) is 3.93. The molecule has 0 aromatic carbocycles. The standard InChI is InChI=1S/C11H16N2O/c12-11-6-10(13-14-11)5-9-4-7-1-2-8(9)3-7/h6-9H,1-5,12H2/t7-,8-,9-/m1/s1. The maximum Gasteiger partial charge on any atom is 0.222 e. The molecule has 0 unspecified atom stereocenters. The lowest BCUT2D eigenvalue weighted by molar-refractivity contribution is 0.322. The van der Waals surface area contributed by atoms with Gasteiger partial charge in [0.1, 0.15) is 0 Å². The van der Waals surface area contributed by atoms with E-state index in [1.165, 1.54) is 25.7 Å². The second kappa shape index (κ2) is 3.01. The van der Waals surface area contributed by atoms with Crippen LogP contribution < -0.4 is 5.73 Å². The molecule has 0 spiro atoms. The summed E-state index contributed by atoms with van der Waals surface area (Å²) in [4.78, 5) is 0. The Morgan fingerprint density at radius 1 is 1.43 bits per heavy atom. The van der Waals surface area contributed by atoms with Gasteiger partial charge in [-0.05, 0) is 43.4 Å². The van der Waals surface area contributed by atoms with Crippen molar-refractivity contribution in [2.75, 3.05) is 5.73 Å². The molecule has 2 N–H and O–H groups in total. The average Bonchev–Trinajstić information content (AvgIpc) is 2.82. The van der Waals surface area contributed by atoms with E-state index in [0.29, 0.717) is 5.88 Å². The monoisotopic (exact) mass is 192 g/mol. The van der Waals surface area contributed by atoms with E-state index < -0.39 is 0 Å². The molecule has 3 rings (SSSR count). The van der Waals surface area contributed by atoms with Crippen LogP contribution in [0.2, 0.25) is 0 Å². The minimum absolute atomic E-state index is 0.447. The molecule has 1 aromatic rings. The fourth-order valence-electron chi connectivity index (χ4n) is 3.32. The van der Waals surface area contributed by atoms with Crippen LogP contribution >= 0.6 is 0 Å². The van der Waals surface area contributed by atoms with Crippen molar-refractivity contribution in [1.29, 1.82) is 0 Å². The third kappa shape index (κ3) is 1.31. The van der Waals surface area contributed by atoms with Gasteiger partial charge < -0.3 is 10.3 Å². The Morgan fingerprint density at radius 2 is 2.36 bits per heavy atom. The molecule has 14 heavy (non-hydrogen) atoms. The third-order valence-corrected chi connectivity index (χ3v) is 3.93. The molecule has 1 heterocycles. The highest BCUT2D eigenvalue weighted by Gasteiger charge is 2.39. The van der Waals surface area contributed by atoms with Crippen molar-refractivity contribution < 1.29 is 4.52 Å². The van der Waals surface area contributed by atoms with E-state index in [9.17, 15) is 0 Å². The van der Waals surface area contributed by atoms with Crippen molar-refractivity contribution in [3.8, 4) is 0 Å². The van der Waals surface area contributed by atoms with Crippen LogP contribution in [0.15, 0.2) is 10.6 Å². The zero-order valence-corrected chi connectivity index (χ0v) is 8.28. The Balaban J connectivity index is 1.68. The van der Waals surface area contributed by atoms with Crippen molar-refractivity contribution in [1.82, 2.24) is 5.16 Å². The summed E-state index contributed by atoms with van der Waals surface area (Å²) in [5, 5.41) is 3.96. The van der Waals surface area contributed by atoms with E-state index in [0.717, 1.165) is 29.9 Å². The molecule has 0 saturated heterocycles. The maximum absolute atomic E-state index is 5.50. The van der Waals surface area contributed by atoms with E-state index in [1.807, 2.05) is 6.07 Å². The van der Waals surface area contributed by atoms with Gasteiger partial charge in [-0.15, -0.1) is 0 Å². The normalized spacial score (nSPS) is 35.3. The van der Waals surface area contributed by atoms with Gasteiger partial charge in [-0.25, -0.2) is 0 Å². The van der Waals surface area contributed by atoms with Gasteiger partial charge in [0.2, 0.25) is 5.88 Å². The minimum Gasteiger partial charge on any atom is -0.368 e. The first-order valence-corrected chi connectivity index (χ1v) is 5.52. The number of rotatable bonds is 2. The highest BCUT2D eigenvalue weighted by Crippen LogP contribution is 2.49. The summed E-state index contributed by atoms with van der Waals surface area (Å²) in [7, 11) is 0. The highest BCUT2D eigenvalue weighted by molar-refractivity contribution is 5.24. The summed E-state index contributed by atoms with van der Waals surface area (Å²) in [6, 6.07) is 1.87. The largest absolute Gasteiger partial charge is 0.368 e. The molecule has 2 saturated carbocycles. The number of hydrogen-bond acceptors (Lipinski definition) is 3. The predicted octanol–water partition coefficient (Wildman–Crippen LogP) is 2.24. The molecular weight excluding hydrogens is 176 g/mol. The van der Waals surface area contributed by atoms with Crippen molar-refractivity contribution in [3.05, 3.63) is 11.8 Å². The lowest BCUT2D eigenvalue weighted by Gasteiger charge is -2.19. The fraction of sp³-hybridized carbons (Fsp3) is 0.727. The Bertz CT molecular complexity index is 334. The maximum atomic E-state index is 5.50. The number of anilines is 1. The quantitative estimate of drug-likeness (QED) is 0.781. The first-order valence-electron chi connectivity index (χ1n) is 5.52. The molecule has 3 atom stereocenters. The predicted molar refractivity (Wildman–Crippen MR) is 53.6 cm³/mol. The lowest BCUT2D eigenvalue weighted by atomic mass is 9.85. The number of nitrogen functional groups attached to an aromatic ring is 1. The highest BCUT2D eigenvalue weighted by atomic mass is 16.5. The van der Waals surface area contributed by atoms with Crippen LogP contribution in [-0.4, -0.2) is 5.16 Å². The molecule has 0 radical (unpaired) electrons. The average molecular weight is 192 g/mol. The van der Waals surface area contributed by atoms with Gasteiger partial charge in [0.05, 0.1) is 5.69 Å². The molecule has 2 aliphatic carbocycles. The first kappa shape index (κ1) is 8.33. The van der Waals surface area contributed by atoms with Crippen LogP contribution in [0.25, 0.3) is 0 Å². The summed E-state index contributed by atoms with van der Waals surface area (Å²) in [5.74, 6) is 3.26. The summed E-state index contributed by atoms with van der Waals surface area (Å²) in [6.45, 7) is 0. The van der Waals surface area contributed by atoms with Crippen LogP contribution in [-0.2, 0) is 6.42 Å². The molecule has 1 aromatic heterocycles. The van der Waals surface area contributed by atoms with Gasteiger partial charge in [0, 0.05) is 6.07 Å². The Labute approximate surface area is 83.6 Å². The number of aromatic nitrogens is 1. The Morgan fingerprint density at radius 3 is 2.93 bits per heavy atom. The van der Waals surface area contributed by atoms with Gasteiger partial charge in [-0.3, -0.25) is 0 Å². The van der Waals surface area contributed by atoms with E-state index in [4.69, 9.17) is 10.3 Å². The summed E-state index contributed by atoms with van der Waals surface area (Å²) in [5.41, 5.74) is 6.54. The Hall–Kier alpha value is -0.990. The van der Waals surface area contributed by atoms with E-state index >= 15 is 0 Å². The van der Waals surface area contributed by atoms with Crippen molar-refractivity contribution >= 4 is 5.88 Å². The van der Waals surface area contributed by atoms with Gasteiger partial charge in [0.15, 0.2) is 0 Å². The van der Waals surface area contributed by atoms with Gasteiger partial charge in [0.25, 0.3) is 0 Å². The molecule has 2 fully saturated rings. The molecule has 0 aliphatic heterocycles. The second-order valence-electron chi connectivity index (χ2n) is 4.86. The topological polar surface area (TPSA) is 52.0 Å². The molecule has 3 nitrogen and oxygen atoms in total. The minimum atomic E-state index is 0.447. The second-order valence-corrected chi connectivity index (χ2v) is 4.86. The number of fused-ring (bicyclic) bond motifs is 2.